The van der Waals surface area contributed by atoms with Gasteiger partial charge in [-0.15, -0.1) is 0 Å². The molecule has 2 heterocycles. The van der Waals surface area contributed by atoms with Crippen molar-refractivity contribution in [2.75, 3.05) is 67.1 Å². The number of sulfonamides is 1. The molecule has 234 valence electrons. The number of rotatable bonds is 7. The molecule has 0 radical (unpaired) electrons. The molecule has 0 atom stereocenters. The lowest BCUT2D eigenvalue weighted by Crippen LogP contribution is -2.49. The van der Waals surface area contributed by atoms with Crippen molar-refractivity contribution in [1.29, 1.82) is 0 Å². The van der Waals surface area contributed by atoms with Gasteiger partial charge < -0.3 is 14.7 Å². The molecule has 5 rings (SSSR count). The molecular formula is C27H26ClF3N6O6S. The molecule has 3 aromatic carbocycles. The van der Waals surface area contributed by atoms with Crippen molar-refractivity contribution >= 4 is 50.1 Å². The van der Waals surface area contributed by atoms with E-state index in [2.05, 4.69) is 0 Å². The Bertz CT molecular complexity index is 1680. The minimum Gasteiger partial charge on any atom is -0.369 e. The first-order valence-electron chi connectivity index (χ1n) is 13.4. The second-order valence-electron chi connectivity index (χ2n) is 10.2. The van der Waals surface area contributed by atoms with Crippen molar-refractivity contribution in [1.82, 2.24) is 4.31 Å². The maximum absolute atomic E-state index is 13.1. The second kappa shape index (κ2) is 12.1. The van der Waals surface area contributed by atoms with E-state index in [-0.39, 0.29) is 55.5 Å². The van der Waals surface area contributed by atoms with Crippen LogP contribution in [0, 0.1) is 20.2 Å². The van der Waals surface area contributed by atoms with Crippen LogP contribution in [0.3, 0.4) is 0 Å². The highest BCUT2D eigenvalue weighted by Gasteiger charge is 2.35. The minimum atomic E-state index is -4.73. The zero-order valence-corrected chi connectivity index (χ0v) is 24.6. The number of nitro groups is 2. The molecule has 0 bridgehead atoms. The number of hydrogen-bond acceptors (Lipinski definition) is 9. The van der Waals surface area contributed by atoms with E-state index in [9.17, 15) is 41.8 Å². The number of alkyl halides is 3. The molecule has 0 amide bonds. The molecule has 0 aliphatic carbocycles. The summed E-state index contributed by atoms with van der Waals surface area (Å²) in [4.78, 5) is 27.5. The Morgan fingerprint density at radius 3 is 1.77 bits per heavy atom. The van der Waals surface area contributed by atoms with Crippen LogP contribution in [0.5, 0.6) is 0 Å². The molecule has 0 spiro atoms. The molecule has 2 aliphatic heterocycles. The van der Waals surface area contributed by atoms with E-state index in [1.165, 1.54) is 34.6 Å². The van der Waals surface area contributed by atoms with Gasteiger partial charge in [0.1, 0.15) is 11.4 Å². The summed E-state index contributed by atoms with van der Waals surface area (Å²) in [6, 6.07) is 12.9. The smallest absolute Gasteiger partial charge is 0.369 e. The van der Waals surface area contributed by atoms with E-state index in [0.29, 0.717) is 35.6 Å². The average Bonchev–Trinajstić information content (AvgIpc) is 3.00. The first-order chi connectivity index (χ1) is 20.8. The molecule has 2 aliphatic rings. The predicted molar refractivity (Wildman–Crippen MR) is 158 cm³/mol. The lowest BCUT2D eigenvalue weighted by Gasteiger charge is -2.38. The van der Waals surface area contributed by atoms with E-state index in [1.807, 2.05) is 4.90 Å². The number of benzene rings is 3. The van der Waals surface area contributed by atoms with E-state index in [1.54, 1.807) is 21.9 Å². The van der Waals surface area contributed by atoms with Gasteiger partial charge in [0.2, 0.25) is 10.0 Å². The van der Waals surface area contributed by atoms with E-state index >= 15 is 0 Å². The summed E-state index contributed by atoms with van der Waals surface area (Å²) in [5.41, 5.74) is -0.912. The van der Waals surface area contributed by atoms with Crippen LogP contribution < -0.4 is 14.7 Å². The first-order valence-corrected chi connectivity index (χ1v) is 15.2. The van der Waals surface area contributed by atoms with Gasteiger partial charge in [0.25, 0.3) is 11.4 Å². The summed E-state index contributed by atoms with van der Waals surface area (Å²) in [6.07, 6.45) is -4.73. The van der Waals surface area contributed by atoms with Crippen LogP contribution in [-0.4, -0.2) is 74.9 Å². The van der Waals surface area contributed by atoms with Crippen molar-refractivity contribution in [3.63, 3.8) is 0 Å². The Labute approximate surface area is 255 Å². The van der Waals surface area contributed by atoms with Crippen LogP contribution in [0.25, 0.3) is 0 Å². The predicted octanol–water partition coefficient (Wildman–Crippen LogP) is 5.01. The van der Waals surface area contributed by atoms with Crippen molar-refractivity contribution in [3.05, 3.63) is 91.5 Å². The molecular weight excluding hydrogens is 629 g/mol. The fraction of sp³-hybridized carbons (Fsp3) is 0.333. The molecule has 2 saturated heterocycles. The Morgan fingerprint density at radius 1 is 0.682 bits per heavy atom. The quantitative estimate of drug-likeness (QED) is 0.255. The van der Waals surface area contributed by atoms with E-state index in [0.717, 1.165) is 12.1 Å². The fourth-order valence-electron chi connectivity index (χ4n) is 5.36. The Morgan fingerprint density at radius 2 is 1.23 bits per heavy atom. The summed E-state index contributed by atoms with van der Waals surface area (Å²) in [7, 11) is -3.73. The Hall–Kier alpha value is -4.15. The largest absolute Gasteiger partial charge is 0.416 e. The summed E-state index contributed by atoms with van der Waals surface area (Å²) >= 11 is 5.88. The third-order valence-electron chi connectivity index (χ3n) is 7.67. The average molecular weight is 655 g/mol. The molecule has 0 aromatic heterocycles. The van der Waals surface area contributed by atoms with Gasteiger partial charge in [-0.3, -0.25) is 20.2 Å². The number of anilines is 3. The topological polar surface area (TPSA) is 133 Å². The molecule has 0 saturated carbocycles. The highest BCUT2D eigenvalue weighted by Crippen LogP contribution is 2.38. The zero-order valence-electron chi connectivity index (χ0n) is 23.0. The minimum absolute atomic E-state index is 0.0392. The van der Waals surface area contributed by atoms with Crippen LogP contribution in [-0.2, 0) is 16.2 Å². The molecule has 0 N–H and O–H groups in total. The highest BCUT2D eigenvalue weighted by molar-refractivity contribution is 7.89. The van der Waals surface area contributed by atoms with Crippen LogP contribution in [0.1, 0.15) is 5.56 Å². The second-order valence-corrected chi connectivity index (χ2v) is 12.6. The van der Waals surface area contributed by atoms with Crippen molar-refractivity contribution in [2.24, 2.45) is 0 Å². The Kier molecular flexibility index (Phi) is 8.59. The van der Waals surface area contributed by atoms with Crippen LogP contribution in [0.4, 0.5) is 41.6 Å². The third-order valence-corrected chi connectivity index (χ3v) is 9.84. The lowest BCUT2D eigenvalue weighted by molar-refractivity contribution is -0.384. The van der Waals surface area contributed by atoms with Gasteiger partial charge in [0, 0.05) is 75.2 Å². The van der Waals surface area contributed by atoms with Gasteiger partial charge >= 0.3 is 6.18 Å². The maximum Gasteiger partial charge on any atom is 0.416 e. The van der Waals surface area contributed by atoms with E-state index in [4.69, 9.17) is 11.6 Å². The summed E-state index contributed by atoms with van der Waals surface area (Å²) in [5.74, 6) is 0. The summed E-state index contributed by atoms with van der Waals surface area (Å²) < 4.78 is 66.9. The summed E-state index contributed by atoms with van der Waals surface area (Å²) in [6.45, 7) is 1.86. The molecule has 17 heteroatoms. The van der Waals surface area contributed by atoms with Gasteiger partial charge in [-0.25, -0.2) is 8.42 Å². The van der Waals surface area contributed by atoms with E-state index < -0.39 is 37.3 Å². The van der Waals surface area contributed by atoms with Crippen molar-refractivity contribution in [2.45, 2.75) is 11.1 Å². The van der Waals surface area contributed by atoms with Gasteiger partial charge in [-0.2, -0.15) is 17.5 Å². The highest BCUT2D eigenvalue weighted by atomic mass is 35.5. The number of piperazine rings is 2. The van der Waals surface area contributed by atoms with Crippen molar-refractivity contribution < 1.29 is 31.4 Å². The number of hydrogen-bond donors (Lipinski definition) is 0. The standard InChI is InChI=1S/C27H26ClF3N6O6S/c28-20-2-5-22(6-3-20)44(42,43)35-15-13-32(14-16-35)21-4-8-24(36(38)39)25(18-21)34-11-9-33(10-12-34)23-7-1-19(27(29,30)31)17-26(23)37(40)41/h1-8,17-18H,9-16H2. The SMILES string of the molecule is O=[N+]([O-])c1ccc(N2CCN(S(=O)(=O)c3ccc(Cl)cc3)CC2)cc1N1CCN(c2ccc(C(F)(F)F)cc2[N+](=O)[O-])CC1. The van der Waals surface area contributed by atoms with Gasteiger partial charge in [-0.1, -0.05) is 11.6 Å². The van der Waals surface area contributed by atoms with Crippen LogP contribution >= 0.6 is 11.6 Å². The number of halogens is 4. The van der Waals surface area contributed by atoms with Crippen LogP contribution in [0.2, 0.25) is 5.02 Å². The zero-order chi connectivity index (χ0) is 31.8. The van der Waals surface area contributed by atoms with Crippen molar-refractivity contribution in [3.8, 4) is 0 Å². The Balaban J connectivity index is 1.31. The third kappa shape index (κ3) is 6.37. The number of nitrogens with zero attached hydrogens (tertiary/aromatic N) is 6. The molecule has 44 heavy (non-hydrogen) atoms. The van der Waals surface area contributed by atoms with Gasteiger partial charge in [-0.05, 0) is 48.5 Å². The first kappa shape index (κ1) is 31.3. The summed E-state index contributed by atoms with van der Waals surface area (Å²) in [5, 5.41) is 23.9. The van der Waals surface area contributed by atoms with Gasteiger partial charge in [0.05, 0.1) is 20.3 Å². The number of nitro benzene ring substituents is 2. The lowest BCUT2D eigenvalue weighted by atomic mass is 10.1. The van der Waals surface area contributed by atoms with Gasteiger partial charge in [0.15, 0.2) is 0 Å². The molecule has 3 aromatic rings. The molecule has 12 nitrogen and oxygen atoms in total. The molecule has 2 fully saturated rings. The normalized spacial score (nSPS) is 16.7. The fourth-order valence-corrected chi connectivity index (χ4v) is 6.91. The van der Waals surface area contributed by atoms with Crippen LogP contribution in [0.15, 0.2) is 65.6 Å². The molecule has 0 unspecified atom stereocenters. The monoisotopic (exact) mass is 654 g/mol. The maximum atomic E-state index is 13.1.